The summed E-state index contributed by atoms with van der Waals surface area (Å²) in [6, 6.07) is 10.8. The highest BCUT2D eigenvalue weighted by Crippen LogP contribution is 2.18. The van der Waals surface area contributed by atoms with Crippen LogP contribution in [0.1, 0.15) is 39.5 Å². The number of rotatable bonds is 10. The summed E-state index contributed by atoms with van der Waals surface area (Å²) in [5, 5.41) is 6.70. The zero-order valence-electron chi connectivity index (χ0n) is 16.4. The second-order valence-corrected chi connectivity index (χ2v) is 7.56. The van der Waals surface area contributed by atoms with E-state index in [2.05, 4.69) is 53.7 Å². The SMILES string of the molecule is CCNC(=NCCC(CC)N1CCCC1=O)NCCSc1ccccc1.I. The van der Waals surface area contributed by atoms with E-state index in [0.29, 0.717) is 18.4 Å². The summed E-state index contributed by atoms with van der Waals surface area (Å²) in [5.41, 5.74) is 0. The van der Waals surface area contributed by atoms with E-state index in [1.807, 2.05) is 22.7 Å². The second kappa shape index (κ2) is 14.1. The molecule has 1 aliphatic heterocycles. The Bertz CT molecular complexity index is 570. The fourth-order valence-corrected chi connectivity index (χ4v) is 3.95. The van der Waals surface area contributed by atoms with Crippen molar-refractivity contribution in [3.63, 3.8) is 0 Å². The Hall–Kier alpha value is -0.960. The van der Waals surface area contributed by atoms with Crippen LogP contribution in [0.3, 0.4) is 0 Å². The number of hydrogen-bond donors (Lipinski definition) is 2. The molecule has 1 amide bonds. The lowest BCUT2D eigenvalue weighted by Gasteiger charge is -2.26. The van der Waals surface area contributed by atoms with Crippen molar-refractivity contribution < 1.29 is 4.79 Å². The quantitative estimate of drug-likeness (QED) is 0.168. The lowest BCUT2D eigenvalue weighted by molar-refractivity contribution is -0.129. The summed E-state index contributed by atoms with van der Waals surface area (Å²) in [6.07, 6.45) is 3.64. The summed E-state index contributed by atoms with van der Waals surface area (Å²) in [7, 11) is 0. The molecule has 0 aliphatic carbocycles. The van der Waals surface area contributed by atoms with E-state index in [1.54, 1.807) is 0 Å². The number of guanidine groups is 1. The highest BCUT2D eigenvalue weighted by Gasteiger charge is 2.26. The molecule has 7 heteroatoms. The predicted molar refractivity (Wildman–Crippen MR) is 126 cm³/mol. The standard InChI is InChI=1S/C20H32N4OS.HI/c1-3-17(24-15-8-11-19(24)25)12-13-22-20(21-4-2)23-14-16-26-18-9-6-5-7-10-18;/h5-7,9-10,17H,3-4,8,11-16H2,1-2H3,(H2,21,22,23);1H. The van der Waals surface area contributed by atoms with Crippen LogP contribution in [0.15, 0.2) is 40.2 Å². The number of nitrogens with zero attached hydrogens (tertiary/aromatic N) is 2. The minimum absolute atomic E-state index is 0. The number of halogens is 1. The number of likely N-dealkylation sites (tertiary alicyclic amines) is 1. The van der Waals surface area contributed by atoms with Crippen LogP contribution < -0.4 is 10.6 Å². The van der Waals surface area contributed by atoms with E-state index in [0.717, 1.165) is 57.2 Å². The van der Waals surface area contributed by atoms with Gasteiger partial charge in [-0.05, 0) is 38.3 Å². The van der Waals surface area contributed by atoms with E-state index in [9.17, 15) is 4.79 Å². The number of thioether (sulfide) groups is 1. The van der Waals surface area contributed by atoms with Gasteiger partial charge in [0, 0.05) is 49.3 Å². The maximum atomic E-state index is 11.9. The van der Waals surface area contributed by atoms with Gasteiger partial charge >= 0.3 is 0 Å². The van der Waals surface area contributed by atoms with Gasteiger partial charge in [0.25, 0.3) is 0 Å². The van der Waals surface area contributed by atoms with Gasteiger partial charge in [-0.1, -0.05) is 25.1 Å². The van der Waals surface area contributed by atoms with E-state index in [-0.39, 0.29) is 24.0 Å². The average molecular weight is 504 g/mol. The number of carbonyl (C=O) groups is 1. The Morgan fingerprint density at radius 3 is 2.67 bits per heavy atom. The zero-order chi connectivity index (χ0) is 18.6. The summed E-state index contributed by atoms with van der Waals surface area (Å²) < 4.78 is 0. The van der Waals surface area contributed by atoms with Crippen LogP contribution in [0.4, 0.5) is 0 Å². The van der Waals surface area contributed by atoms with Crippen LogP contribution in [-0.2, 0) is 4.79 Å². The minimum atomic E-state index is 0. The molecule has 1 saturated heterocycles. The van der Waals surface area contributed by atoms with E-state index in [4.69, 9.17) is 0 Å². The first-order chi connectivity index (χ1) is 12.7. The molecule has 0 saturated carbocycles. The highest BCUT2D eigenvalue weighted by molar-refractivity contribution is 14.0. The molecule has 1 fully saturated rings. The summed E-state index contributed by atoms with van der Waals surface area (Å²) in [6.45, 7) is 7.60. The van der Waals surface area contributed by atoms with Gasteiger partial charge in [0.15, 0.2) is 5.96 Å². The molecule has 1 aromatic carbocycles. The van der Waals surface area contributed by atoms with Crippen molar-refractivity contribution in [2.45, 2.75) is 50.5 Å². The number of carbonyl (C=O) groups excluding carboxylic acids is 1. The summed E-state index contributed by atoms with van der Waals surface area (Å²) in [4.78, 5) is 20.0. The van der Waals surface area contributed by atoms with Crippen molar-refractivity contribution in [2.75, 3.05) is 31.9 Å². The van der Waals surface area contributed by atoms with Gasteiger partial charge in [-0.3, -0.25) is 9.79 Å². The second-order valence-electron chi connectivity index (χ2n) is 6.39. The number of nitrogens with one attached hydrogen (secondary N) is 2. The van der Waals surface area contributed by atoms with Crippen LogP contribution in [0.5, 0.6) is 0 Å². The molecule has 152 valence electrons. The normalized spacial score (nSPS) is 15.4. The number of hydrogen-bond acceptors (Lipinski definition) is 3. The number of amides is 1. The fourth-order valence-electron chi connectivity index (χ4n) is 3.16. The predicted octanol–water partition coefficient (Wildman–Crippen LogP) is 3.74. The first-order valence-corrected chi connectivity index (χ1v) is 10.7. The Labute approximate surface area is 185 Å². The van der Waals surface area contributed by atoms with Crippen LogP contribution in [0, 0.1) is 0 Å². The smallest absolute Gasteiger partial charge is 0.222 e. The van der Waals surface area contributed by atoms with Gasteiger partial charge in [0.2, 0.25) is 5.91 Å². The first kappa shape index (κ1) is 24.1. The molecule has 0 aromatic heterocycles. The van der Waals surface area contributed by atoms with Crippen LogP contribution in [0.2, 0.25) is 0 Å². The molecule has 5 nitrogen and oxygen atoms in total. The molecule has 2 N–H and O–H groups in total. The van der Waals surface area contributed by atoms with E-state index < -0.39 is 0 Å². The van der Waals surface area contributed by atoms with E-state index in [1.165, 1.54) is 4.90 Å². The Morgan fingerprint density at radius 1 is 1.26 bits per heavy atom. The minimum Gasteiger partial charge on any atom is -0.357 e. The van der Waals surface area contributed by atoms with Crippen LogP contribution >= 0.6 is 35.7 Å². The maximum Gasteiger partial charge on any atom is 0.222 e. The molecular formula is C20H33IN4OS. The van der Waals surface area contributed by atoms with Crippen molar-refractivity contribution in [1.29, 1.82) is 0 Å². The highest BCUT2D eigenvalue weighted by atomic mass is 127. The molecule has 1 atom stereocenters. The van der Waals surface area contributed by atoms with Gasteiger partial charge in [0.1, 0.15) is 0 Å². The van der Waals surface area contributed by atoms with Crippen molar-refractivity contribution in [2.24, 2.45) is 4.99 Å². The lowest BCUT2D eigenvalue weighted by Crippen LogP contribution is -2.39. The molecule has 0 spiro atoms. The largest absolute Gasteiger partial charge is 0.357 e. The lowest BCUT2D eigenvalue weighted by atomic mass is 10.1. The van der Waals surface area contributed by atoms with Crippen molar-refractivity contribution in [3.05, 3.63) is 30.3 Å². The number of aliphatic imine (C=N–C) groups is 1. The van der Waals surface area contributed by atoms with Gasteiger partial charge in [-0.15, -0.1) is 35.7 Å². The Morgan fingerprint density at radius 2 is 2.04 bits per heavy atom. The Kier molecular flexibility index (Phi) is 12.6. The van der Waals surface area contributed by atoms with Gasteiger partial charge < -0.3 is 15.5 Å². The van der Waals surface area contributed by atoms with Gasteiger partial charge in [-0.2, -0.15) is 0 Å². The molecule has 27 heavy (non-hydrogen) atoms. The summed E-state index contributed by atoms with van der Waals surface area (Å²) >= 11 is 1.84. The maximum absolute atomic E-state index is 11.9. The first-order valence-electron chi connectivity index (χ1n) is 9.74. The summed E-state index contributed by atoms with van der Waals surface area (Å²) in [5.74, 6) is 2.17. The van der Waals surface area contributed by atoms with Crippen molar-refractivity contribution >= 4 is 47.6 Å². The molecule has 0 radical (unpaired) electrons. The third kappa shape index (κ3) is 8.72. The Balaban J connectivity index is 0.00000364. The van der Waals surface area contributed by atoms with Crippen LogP contribution in [-0.4, -0.2) is 54.7 Å². The van der Waals surface area contributed by atoms with Gasteiger partial charge in [-0.25, -0.2) is 0 Å². The third-order valence-corrected chi connectivity index (χ3v) is 5.52. The average Bonchev–Trinajstić information content (AvgIpc) is 3.09. The van der Waals surface area contributed by atoms with Crippen LogP contribution in [0.25, 0.3) is 0 Å². The third-order valence-electron chi connectivity index (χ3n) is 4.50. The molecule has 1 heterocycles. The molecule has 1 aliphatic rings. The topological polar surface area (TPSA) is 56.7 Å². The molecule has 2 rings (SSSR count). The number of benzene rings is 1. The van der Waals surface area contributed by atoms with Crippen molar-refractivity contribution in [3.8, 4) is 0 Å². The zero-order valence-corrected chi connectivity index (χ0v) is 19.6. The fraction of sp³-hybridized carbons (Fsp3) is 0.600. The van der Waals surface area contributed by atoms with E-state index >= 15 is 0 Å². The van der Waals surface area contributed by atoms with Crippen molar-refractivity contribution in [1.82, 2.24) is 15.5 Å². The molecule has 1 aromatic rings. The molecular weight excluding hydrogens is 471 g/mol. The molecule has 1 unspecified atom stereocenters. The molecule has 0 bridgehead atoms. The monoisotopic (exact) mass is 504 g/mol. The van der Waals surface area contributed by atoms with Gasteiger partial charge in [0.05, 0.1) is 0 Å².